The van der Waals surface area contributed by atoms with Crippen molar-refractivity contribution in [2.75, 3.05) is 5.32 Å². The fraction of sp³-hybridized carbons (Fsp3) is 0.143. The van der Waals surface area contributed by atoms with Gasteiger partial charge in [-0.2, -0.15) is 0 Å². The van der Waals surface area contributed by atoms with Crippen molar-refractivity contribution in [1.29, 1.82) is 0 Å². The molecular formula is C14H10BrF4N. The van der Waals surface area contributed by atoms with Crippen LogP contribution in [0.15, 0.2) is 34.8 Å². The summed E-state index contributed by atoms with van der Waals surface area (Å²) in [5.74, 6) is -3.64. The summed E-state index contributed by atoms with van der Waals surface area (Å²) >= 11 is 3.20. The fourth-order valence-electron chi connectivity index (χ4n) is 1.82. The lowest BCUT2D eigenvalue weighted by molar-refractivity contribution is 0.543. The highest BCUT2D eigenvalue weighted by molar-refractivity contribution is 9.10. The van der Waals surface area contributed by atoms with Crippen LogP contribution in [0.3, 0.4) is 0 Å². The van der Waals surface area contributed by atoms with Gasteiger partial charge in [0.15, 0.2) is 11.6 Å². The molecule has 0 bridgehead atoms. The van der Waals surface area contributed by atoms with Crippen LogP contribution in [0.1, 0.15) is 18.5 Å². The van der Waals surface area contributed by atoms with Crippen LogP contribution in [0.4, 0.5) is 23.2 Å². The molecule has 2 aromatic rings. The summed E-state index contributed by atoms with van der Waals surface area (Å²) < 4.78 is 54.2. The first-order valence-corrected chi connectivity index (χ1v) is 6.54. The van der Waals surface area contributed by atoms with Crippen LogP contribution in [0.5, 0.6) is 0 Å². The summed E-state index contributed by atoms with van der Waals surface area (Å²) in [6.07, 6.45) is 0. The summed E-state index contributed by atoms with van der Waals surface area (Å²) in [6, 6.07) is 4.71. The molecule has 2 rings (SSSR count). The summed E-state index contributed by atoms with van der Waals surface area (Å²) in [6.45, 7) is 1.55. The van der Waals surface area contributed by atoms with Gasteiger partial charge in [-0.3, -0.25) is 0 Å². The topological polar surface area (TPSA) is 12.0 Å². The smallest absolute Gasteiger partial charge is 0.152 e. The minimum Gasteiger partial charge on any atom is -0.374 e. The van der Waals surface area contributed by atoms with Gasteiger partial charge in [0.05, 0.1) is 6.04 Å². The maximum atomic E-state index is 13.7. The zero-order valence-corrected chi connectivity index (χ0v) is 11.9. The van der Waals surface area contributed by atoms with Gasteiger partial charge in [0.1, 0.15) is 17.3 Å². The number of rotatable bonds is 3. The Morgan fingerprint density at radius 3 is 2.15 bits per heavy atom. The van der Waals surface area contributed by atoms with Crippen molar-refractivity contribution in [1.82, 2.24) is 0 Å². The Balaban J connectivity index is 2.32. The summed E-state index contributed by atoms with van der Waals surface area (Å²) in [7, 11) is 0. The number of benzene rings is 2. The molecule has 6 heteroatoms. The third kappa shape index (κ3) is 3.12. The van der Waals surface area contributed by atoms with E-state index in [1.54, 1.807) is 6.92 Å². The quantitative estimate of drug-likeness (QED) is 0.754. The first-order chi connectivity index (χ1) is 9.38. The highest BCUT2D eigenvalue weighted by atomic mass is 79.9. The molecule has 1 unspecified atom stereocenters. The predicted molar refractivity (Wildman–Crippen MR) is 72.5 cm³/mol. The van der Waals surface area contributed by atoms with E-state index < -0.39 is 35.0 Å². The van der Waals surface area contributed by atoms with E-state index in [2.05, 4.69) is 21.2 Å². The Kier molecular flexibility index (Phi) is 4.32. The number of hydrogen-bond acceptors (Lipinski definition) is 1. The molecule has 0 radical (unpaired) electrons. The molecule has 1 nitrogen and oxygen atoms in total. The monoisotopic (exact) mass is 347 g/mol. The van der Waals surface area contributed by atoms with Crippen molar-refractivity contribution < 1.29 is 17.6 Å². The second-order valence-corrected chi connectivity index (χ2v) is 5.19. The number of hydrogen-bond donors (Lipinski definition) is 1. The lowest BCUT2D eigenvalue weighted by Gasteiger charge is -2.17. The van der Waals surface area contributed by atoms with E-state index in [0.717, 1.165) is 0 Å². The van der Waals surface area contributed by atoms with Crippen LogP contribution in [0.25, 0.3) is 0 Å². The number of halogens is 5. The van der Waals surface area contributed by atoms with Crippen LogP contribution in [-0.4, -0.2) is 0 Å². The zero-order chi connectivity index (χ0) is 14.9. The van der Waals surface area contributed by atoms with E-state index in [0.29, 0.717) is 16.6 Å². The van der Waals surface area contributed by atoms with Gasteiger partial charge in [-0.25, -0.2) is 17.6 Å². The second-order valence-electron chi connectivity index (χ2n) is 4.28. The van der Waals surface area contributed by atoms with Gasteiger partial charge in [0.25, 0.3) is 0 Å². The average Bonchev–Trinajstić information content (AvgIpc) is 2.36. The van der Waals surface area contributed by atoms with Crippen molar-refractivity contribution in [2.24, 2.45) is 0 Å². The molecule has 106 valence electrons. The van der Waals surface area contributed by atoms with Crippen LogP contribution in [-0.2, 0) is 0 Å². The van der Waals surface area contributed by atoms with Gasteiger partial charge < -0.3 is 5.32 Å². The van der Waals surface area contributed by atoms with Gasteiger partial charge >= 0.3 is 0 Å². The van der Waals surface area contributed by atoms with E-state index >= 15 is 0 Å². The molecule has 2 aromatic carbocycles. The molecule has 0 aliphatic carbocycles. The van der Waals surface area contributed by atoms with Gasteiger partial charge in [-0.05, 0) is 25.1 Å². The van der Waals surface area contributed by atoms with Crippen LogP contribution in [0, 0.1) is 23.3 Å². The molecule has 0 fully saturated rings. The van der Waals surface area contributed by atoms with Crippen LogP contribution < -0.4 is 5.32 Å². The molecule has 0 spiro atoms. The van der Waals surface area contributed by atoms with Crippen molar-refractivity contribution >= 4 is 21.6 Å². The molecule has 20 heavy (non-hydrogen) atoms. The van der Waals surface area contributed by atoms with Crippen molar-refractivity contribution in [2.45, 2.75) is 13.0 Å². The molecule has 1 atom stereocenters. The summed E-state index contributed by atoms with van der Waals surface area (Å²) in [5.41, 5.74) is -0.249. The van der Waals surface area contributed by atoms with Gasteiger partial charge in [0, 0.05) is 22.2 Å². The minimum absolute atomic E-state index is 0.238. The van der Waals surface area contributed by atoms with E-state index in [-0.39, 0.29) is 5.56 Å². The van der Waals surface area contributed by atoms with Crippen LogP contribution >= 0.6 is 15.9 Å². The highest BCUT2D eigenvalue weighted by Gasteiger charge is 2.17. The number of anilines is 1. The fourth-order valence-corrected chi connectivity index (χ4v) is 2.20. The van der Waals surface area contributed by atoms with E-state index in [9.17, 15) is 17.6 Å². The standard InChI is InChI=1S/C14H10BrF4N/c1-7(10-4-8(15)2-3-11(10)17)20-14-12(18)5-9(16)6-13(14)19/h2-7,20H,1H3. The molecule has 0 aliphatic heterocycles. The first kappa shape index (κ1) is 14.8. The number of nitrogens with one attached hydrogen (secondary N) is 1. The highest BCUT2D eigenvalue weighted by Crippen LogP contribution is 2.28. The van der Waals surface area contributed by atoms with E-state index in [1.807, 2.05) is 0 Å². The molecule has 0 aliphatic rings. The van der Waals surface area contributed by atoms with Crippen molar-refractivity contribution in [3.05, 3.63) is 63.6 Å². The Bertz CT molecular complexity index is 622. The predicted octanol–water partition coefficient (Wildman–Crippen LogP) is 5.18. The van der Waals surface area contributed by atoms with Crippen molar-refractivity contribution in [3.8, 4) is 0 Å². The maximum Gasteiger partial charge on any atom is 0.152 e. The minimum atomic E-state index is -1.07. The summed E-state index contributed by atoms with van der Waals surface area (Å²) in [4.78, 5) is 0. The zero-order valence-electron chi connectivity index (χ0n) is 10.4. The lowest BCUT2D eigenvalue weighted by Crippen LogP contribution is -2.11. The first-order valence-electron chi connectivity index (χ1n) is 5.74. The van der Waals surface area contributed by atoms with E-state index in [4.69, 9.17) is 0 Å². The van der Waals surface area contributed by atoms with Crippen LogP contribution in [0.2, 0.25) is 0 Å². The SMILES string of the molecule is CC(Nc1c(F)cc(F)cc1F)c1cc(Br)ccc1F. The molecular weight excluding hydrogens is 338 g/mol. The Labute approximate surface area is 121 Å². The normalized spacial score (nSPS) is 12.3. The Morgan fingerprint density at radius 1 is 0.950 bits per heavy atom. The largest absolute Gasteiger partial charge is 0.374 e. The lowest BCUT2D eigenvalue weighted by atomic mass is 10.1. The maximum absolute atomic E-state index is 13.7. The Morgan fingerprint density at radius 2 is 1.55 bits per heavy atom. The summed E-state index contributed by atoms with van der Waals surface area (Å²) in [5, 5.41) is 2.51. The molecule has 0 amide bonds. The molecule has 0 saturated carbocycles. The second kappa shape index (κ2) is 5.83. The van der Waals surface area contributed by atoms with Gasteiger partial charge in [0.2, 0.25) is 0 Å². The third-order valence-corrected chi connectivity index (χ3v) is 3.29. The van der Waals surface area contributed by atoms with Crippen molar-refractivity contribution in [3.63, 3.8) is 0 Å². The molecule has 0 heterocycles. The van der Waals surface area contributed by atoms with E-state index in [1.165, 1.54) is 18.2 Å². The average molecular weight is 348 g/mol. The third-order valence-electron chi connectivity index (χ3n) is 2.79. The molecule has 1 N–H and O–H groups in total. The Hall–Kier alpha value is -1.56. The molecule has 0 aromatic heterocycles. The van der Waals surface area contributed by atoms with Gasteiger partial charge in [-0.1, -0.05) is 15.9 Å². The van der Waals surface area contributed by atoms with Gasteiger partial charge in [-0.15, -0.1) is 0 Å². The molecule has 0 saturated heterocycles.